The maximum absolute atomic E-state index is 5.57. The molecular weight excluding hydrogens is 284 g/mol. The van der Waals surface area contributed by atoms with Crippen LogP contribution in [-0.4, -0.2) is 15.1 Å². The van der Waals surface area contributed by atoms with Crippen molar-refractivity contribution in [3.8, 4) is 11.6 Å². The number of hydrogen-bond donors (Lipinski definition) is 1. The SMILES string of the molecule is CC(C)(c1ccccc1)c1noc(-c2csc(CN)n2)n1. The van der Waals surface area contributed by atoms with Crippen LogP contribution in [-0.2, 0) is 12.0 Å². The number of thiazole rings is 1. The van der Waals surface area contributed by atoms with E-state index in [1.807, 2.05) is 23.6 Å². The molecule has 21 heavy (non-hydrogen) atoms. The zero-order chi connectivity index (χ0) is 14.9. The Morgan fingerprint density at radius 1 is 1.19 bits per heavy atom. The predicted octanol–water partition coefficient (Wildman–Crippen LogP) is 2.98. The Labute approximate surface area is 126 Å². The molecule has 3 aromatic rings. The highest BCUT2D eigenvalue weighted by Gasteiger charge is 2.29. The summed E-state index contributed by atoms with van der Waals surface area (Å²) in [5, 5.41) is 6.86. The molecule has 108 valence electrons. The van der Waals surface area contributed by atoms with E-state index in [1.54, 1.807) is 0 Å². The van der Waals surface area contributed by atoms with Crippen LogP contribution in [0.5, 0.6) is 0 Å². The van der Waals surface area contributed by atoms with Crippen LogP contribution in [0.15, 0.2) is 40.2 Å². The van der Waals surface area contributed by atoms with E-state index in [0.29, 0.717) is 24.0 Å². The molecule has 0 saturated heterocycles. The average molecular weight is 300 g/mol. The second-order valence-electron chi connectivity index (χ2n) is 5.24. The highest BCUT2D eigenvalue weighted by atomic mass is 32.1. The zero-order valence-corrected chi connectivity index (χ0v) is 12.7. The van der Waals surface area contributed by atoms with Crippen molar-refractivity contribution in [2.45, 2.75) is 25.8 Å². The molecule has 0 aliphatic heterocycles. The van der Waals surface area contributed by atoms with E-state index in [-0.39, 0.29) is 5.41 Å². The Hall–Kier alpha value is -2.05. The lowest BCUT2D eigenvalue weighted by Crippen LogP contribution is -2.20. The van der Waals surface area contributed by atoms with E-state index in [0.717, 1.165) is 10.6 Å². The fraction of sp³-hybridized carbons (Fsp3) is 0.267. The summed E-state index contributed by atoms with van der Waals surface area (Å²) in [6.07, 6.45) is 0. The summed E-state index contributed by atoms with van der Waals surface area (Å²) in [6, 6.07) is 10.1. The minimum absolute atomic E-state index is 0.324. The van der Waals surface area contributed by atoms with Gasteiger partial charge in [-0.15, -0.1) is 11.3 Å². The molecule has 0 fully saturated rings. The summed E-state index contributed by atoms with van der Waals surface area (Å²) in [4.78, 5) is 8.87. The van der Waals surface area contributed by atoms with Gasteiger partial charge in [0.05, 0.1) is 5.41 Å². The van der Waals surface area contributed by atoms with Gasteiger partial charge in [-0.2, -0.15) is 4.98 Å². The van der Waals surface area contributed by atoms with Gasteiger partial charge in [0.2, 0.25) is 0 Å². The predicted molar refractivity (Wildman–Crippen MR) is 81.9 cm³/mol. The summed E-state index contributed by atoms with van der Waals surface area (Å²) < 4.78 is 5.36. The topological polar surface area (TPSA) is 77.8 Å². The van der Waals surface area contributed by atoms with Gasteiger partial charge >= 0.3 is 0 Å². The van der Waals surface area contributed by atoms with Gasteiger partial charge < -0.3 is 10.3 Å². The molecule has 6 heteroatoms. The second kappa shape index (κ2) is 5.38. The molecule has 0 amide bonds. The van der Waals surface area contributed by atoms with E-state index in [2.05, 4.69) is 41.1 Å². The third-order valence-corrected chi connectivity index (χ3v) is 4.30. The Bertz CT molecular complexity index is 733. The molecule has 0 aliphatic carbocycles. The van der Waals surface area contributed by atoms with Gasteiger partial charge in [0.25, 0.3) is 5.89 Å². The van der Waals surface area contributed by atoms with Crippen LogP contribution >= 0.6 is 11.3 Å². The quantitative estimate of drug-likeness (QED) is 0.801. The molecule has 0 spiro atoms. The third kappa shape index (κ3) is 2.59. The molecule has 0 unspecified atom stereocenters. The number of nitrogens with zero attached hydrogens (tertiary/aromatic N) is 3. The van der Waals surface area contributed by atoms with Crippen molar-refractivity contribution >= 4 is 11.3 Å². The van der Waals surface area contributed by atoms with Crippen LogP contribution in [0.2, 0.25) is 0 Å². The fourth-order valence-corrected chi connectivity index (χ4v) is 2.72. The van der Waals surface area contributed by atoms with E-state index < -0.39 is 0 Å². The van der Waals surface area contributed by atoms with Gasteiger partial charge in [0.1, 0.15) is 10.7 Å². The molecule has 3 rings (SSSR count). The monoisotopic (exact) mass is 300 g/mol. The molecule has 0 atom stereocenters. The Kier molecular flexibility index (Phi) is 3.57. The number of rotatable bonds is 4. The standard InChI is InChI=1S/C15H16N4OS/c1-15(2,10-6-4-3-5-7-10)14-18-13(20-19-14)11-9-21-12(8-16)17-11/h3-7,9H,8,16H2,1-2H3. The van der Waals surface area contributed by atoms with Crippen molar-refractivity contribution in [3.63, 3.8) is 0 Å². The molecule has 0 bridgehead atoms. The zero-order valence-electron chi connectivity index (χ0n) is 11.9. The Balaban J connectivity index is 1.94. The first-order valence-electron chi connectivity index (χ1n) is 6.66. The van der Waals surface area contributed by atoms with Gasteiger partial charge in [-0.1, -0.05) is 35.5 Å². The summed E-state index contributed by atoms with van der Waals surface area (Å²) in [7, 11) is 0. The highest BCUT2D eigenvalue weighted by Crippen LogP contribution is 2.30. The normalized spacial score (nSPS) is 11.8. The van der Waals surface area contributed by atoms with Crippen LogP contribution in [0.4, 0.5) is 0 Å². The Morgan fingerprint density at radius 2 is 1.95 bits per heavy atom. The lowest BCUT2D eigenvalue weighted by Gasteiger charge is -2.20. The van der Waals surface area contributed by atoms with Gasteiger partial charge in [-0.25, -0.2) is 4.98 Å². The van der Waals surface area contributed by atoms with Crippen LogP contribution in [0, 0.1) is 0 Å². The third-order valence-electron chi connectivity index (χ3n) is 3.43. The van der Waals surface area contributed by atoms with Crippen molar-refractivity contribution in [3.05, 3.63) is 52.1 Å². The minimum Gasteiger partial charge on any atom is -0.332 e. The van der Waals surface area contributed by atoms with Crippen molar-refractivity contribution < 1.29 is 4.52 Å². The fourth-order valence-electron chi connectivity index (χ4n) is 2.07. The smallest absolute Gasteiger partial charge is 0.277 e. The highest BCUT2D eigenvalue weighted by molar-refractivity contribution is 7.09. The number of hydrogen-bond acceptors (Lipinski definition) is 6. The lowest BCUT2D eigenvalue weighted by atomic mass is 9.84. The van der Waals surface area contributed by atoms with E-state index in [9.17, 15) is 0 Å². The molecule has 0 radical (unpaired) electrons. The van der Waals surface area contributed by atoms with E-state index >= 15 is 0 Å². The average Bonchev–Trinajstić information content (AvgIpc) is 3.17. The van der Waals surface area contributed by atoms with Crippen molar-refractivity contribution in [1.82, 2.24) is 15.1 Å². The van der Waals surface area contributed by atoms with Crippen LogP contribution in [0.1, 0.15) is 30.2 Å². The van der Waals surface area contributed by atoms with Gasteiger partial charge in [-0.05, 0) is 19.4 Å². The summed E-state index contributed by atoms with van der Waals surface area (Å²) in [6.45, 7) is 4.56. The van der Waals surface area contributed by atoms with Crippen molar-refractivity contribution in [2.75, 3.05) is 0 Å². The van der Waals surface area contributed by atoms with Crippen LogP contribution in [0.25, 0.3) is 11.6 Å². The number of aromatic nitrogens is 3. The molecule has 2 N–H and O–H groups in total. The summed E-state index contributed by atoms with van der Waals surface area (Å²) >= 11 is 1.49. The molecule has 0 aliphatic rings. The molecule has 1 aromatic carbocycles. The Morgan fingerprint density at radius 3 is 2.62 bits per heavy atom. The van der Waals surface area contributed by atoms with Crippen LogP contribution in [0.3, 0.4) is 0 Å². The molecular formula is C15H16N4OS. The van der Waals surface area contributed by atoms with Gasteiger partial charge in [-0.3, -0.25) is 0 Å². The summed E-state index contributed by atoms with van der Waals surface area (Å²) in [5.74, 6) is 1.08. The maximum atomic E-state index is 5.57. The first-order chi connectivity index (χ1) is 10.1. The van der Waals surface area contributed by atoms with Gasteiger partial charge in [0, 0.05) is 11.9 Å². The number of nitrogens with two attached hydrogens (primary N) is 1. The minimum atomic E-state index is -0.324. The summed E-state index contributed by atoms with van der Waals surface area (Å²) in [5.41, 5.74) is 7.07. The first kappa shape index (κ1) is 13.9. The van der Waals surface area contributed by atoms with E-state index in [1.165, 1.54) is 11.3 Å². The molecule has 0 saturated carbocycles. The first-order valence-corrected chi connectivity index (χ1v) is 7.54. The lowest BCUT2D eigenvalue weighted by molar-refractivity contribution is 0.407. The van der Waals surface area contributed by atoms with Crippen molar-refractivity contribution in [1.29, 1.82) is 0 Å². The maximum Gasteiger partial charge on any atom is 0.277 e. The second-order valence-corrected chi connectivity index (χ2v) is 6.19. The van der Waals surface area contributed by atoms with Crippen LogP contribution < -0.4 is 5.73 Å². The molecule has 5 nitrogen and oxygen atoms in total. The molecule has 2 aromatic heterocycles. The number of benzene rings is 1. The van der Waals surface area contributed by atoms with Crippen molar-refractivity contribution in [2.24, 2.45) is 5.73 Å². The van der Waals surface area contributed by atoms with Gasteiger partial charge in [0.15, 0.2) is 5.82 Å². The molecule has 2 heterocycles. The van der Waals surface area contributed by atoms with E-state index in [4.69, 9.17) is 10.3 Å². The largest absolute Gasteiger partial charge is 0.332 e.